The summed E-state index contributed by atoms with van der Waals surface area (Å²) in [6.45, 7) is 6.15. The maximum Gasteiger partial charge on any atom is 0.262 e. The first-order valence-electron chi connectivity index (χ1n) is 5.66. The van der Waals surface area contributed by atoms with Gasteiger partial charge < -0.3 is 0 Å². The summed E-state index contributed by atoms with van der Waals surface area (Å²) in [5.74, 6) is 0.487. The standard InChI is InChI=1S/C12H14N4OS/c1-4-16(11-6-5-8(2)13-14-11)12(17)10-7-18-15-9(10)3/h5-7H,4H2,1-3H3. The highest BCUT2D eigenvalue weighted by molar-refractivity contribution is 7.04. The SMILES string of the molecule is CCN(C(=O)c1csnc1C)c1ccc(C)nn1. The quantitative estimate of drug-likeness (QED) is 0.851. The van der Waals surface area contributed by atoms with Gasteiger partial charge in [0.2, 0.25) is 0 Å². The zero-order valence-electron chi connectivity index (χ0n) is 10.5. The fourth-order valence-corrected chi connectivity index (χ4v) is 2.27. The van der Waals surface area contributed by atoms with Crippen LogP contribution in [-0.4, -0.2) is 27.0 Å². The van der Waals surface area contributed by atoms with Crippen LogP contribution in [-0.2, 0) is 0 Å². The van der Waals surface area contributed by atoms with E-state index in [0.29, 0.717) is 17.9 Å². The maximum absolute atomic E-state index is 12.4. The molecule has 5 nitrogen and oxygen atoms in total. The molecule has 0 unspecified atom stereocenters. The Hall–Kier alpha value is -1.82. The number of carbonyl (C=O) groups is 1. The molecule has 0 bridgehead atoms. The molecule has 0 saturated carbocycles. The largest absolute Gasteiger partial charge is 0.291 e. The summed E-state index contributed by atoms with van der Waals surface area (Å²) >= 11 is 1.29. The van der Waals surface area contributed by atoms with Crippen molar-refractivity contribution in [3.05, 3.63) is 34.5 Å². The highest BCUT2D eigenvalue weighted by Gasteiger charge is 2.20. The van der Waals surface area contributed by atoms with Crippen molar-refractivity contribution in [2.24, 2.45) is 0 Å². The smallest absolute Gasteiger partial charge is 0.262 e. The van der Waals surface area contributed by atoms with Gasteiger partial charge in [-0.15, -0.1) is 5.10 Å². The molecule has 2 aromatic heterocycles. The molecule has 18 heavy (non-hydrogen) atoms. The minimum Gasteiger partial charge on any atom is -0.291 e. The third kappa shape index (κ3) is 2.38. The van der Waals surface area contributed by atoms with E-state index in [1.165, 1.54) is 11.5 Å². The lowest BCUT2D eigenvalue weighted by atomic mass is 10.2. The van der Waals surface area contributed by atoms with E-state index in [2.05, 4.69) is 14.6 Å². The number of amides is 1. The number of hydrogen-bond acceptors (Lipinski definition) is 5. The molecule has 2 heterocycles. The molecule has 0 aliphatic carbocycles. The first kappa shape index (κ1) is 12.6. The second kappa shape index (κ2) is 5.22. The molecule has 0 fully saturated rings. The molecule has 0 atom stereocenters. The van der Waals surface area contributed by atoms with E-state index in [-0.39, 0.29) is 5.91 Å². The van der Waals surface area contributed by atoms with Gasteiger partial charge in [0.25, 0.3) is 5.91 Å². The normalized spacial score (nSPS) is 10.4. The number of aryl methyl sites for hydroxylation is 2. The number of carbonyl (C=O) groups excluding carboxylic acids is 1. The highest BCUT2D eigenvalue weighted by Crippen LogP contribution is 2.17. The van der Waals surface area contributed by atoms with Crippen molar-refractivity contribution >= 4 is 23.3 Å². The Bertz CT molecular complexity index is 549. The molecule has 0 spiro atoms. The average molecular weight is 262 g/mol. The molecule has 0 N–H and O–H groups in total. The highest BCUT2D eigenvalue weighted by atomic mass is 32.1. The molecule has 0 radical (unpaired) electrons. The number of aromatic nitrogens is 3. The summed E-state index contributed by atoms with van der Waals surface area (Å²) in [5, 5.41) is 9.79. The Morgan fingerprint density at radius 2 is 2.11 bits per heavy atom. The van der Waals surface area contributed by atoms with Gasteiger partial charge in [-0.3, -0.25) is 9.69 Å². The lowest BCUT2D eigenvalue weighted by Gasteiger charge is -2.18. The molecule has 94 valence electrons. The molecule has 0 aliphatic heterocycles. The summed E-state index contributed by atoms with van der Waals surface area (Å²) in [5.41, 5.74) is 2.21. The topological polar surface area (TPSA) is 59.0 Å². The van der Waals surface area contributed by atoms with E-state index >= 15 is 0 Å². The van der Waals surface area contributed by atoms with Crippen LogP contribution in [0.1, 0.15) is 28.7 Å². The Balaban J connectivity index is 2.32. The van der Waals surface area contributed by atoms with Gasteiger partial charge in [-0.25, -0.2) is 0 Å². The lowest BCUT2D eigenvalue weighted by molar-refractivity contribution is 0.0987. The second-order valence-corrected chi connectivity index (χ2v) is 4.53. The molecule has 0 aromatic carbocycles. The number of anilines is 1. The average Bonchev–Trinajstić information content (AvgIpc) is 2.78. The molecule has 0 saturated heterocycles. The predicted molar refractivity (Wildman–Crippen MR) is 71.0 cm³/mol. The summed E-state index contributed by atoms with van der Waals surface area (Å²) in [7, 11) is 0. The minimum atomic E-state index is -0.0816. The van der Waals surface area contributed by atoms with Crippen molar-refractivity contribution in [3.8, 4) is 0 Å². The number of nitrogens with zero attached hydrogens (tertiary/aromatic N) is 4. The van der Waals surface area contributed by atoms with Crippen LogP contribution in [0.15, 0.2) is 17.5 Å². The van der Waals surface area contributed by atoms with Crippen LogP contribution in [0.25, 0.3) is 0 Å². The van der Waals surface area contributed by atoms with E-state index < -0.39 is 0 Å². The molecular formula is C12H14N4OS. The van der Waals surface area contributed by atoms with Crippen LogP contribution in [0.2, 0.25) is 0 Å². The number of hydrogen-bond donors (Lipinski definition) is 0. The third-order valence-electron chi connectivity index (χ3n) is 2.60. The van der Waals surface area contributed by atoms with Crippen LogP contribution in [0.3, 0.4) is 0 Å². The van der Waals surface area contributed by atoms with E-state index in [0.717, 1.165) is 11.4 Å². The molecule has 2 aromatic rings. The second-order valence-electron chi connectivity index (χ2n) is 3.90. The minimum absolute atomic E-state index is 0.0816. The van der Waals surface area contributed by atoms with Gasteiger partial charge in [-0.05, 0) is 44.4 Å². The maximum atomic E-state index is 12.4. The Morgan fingerprint density at radius 3 is 2.61 bits per heavy atom. The molecule has 0 aliphatic rings. The fraction of sp³-hybridized carbons (Fsp3) is 0.333. The van der Waals surface area contributed by atoms with Crippen molar-refractivity contribution < 1.29 is 4.79 Å². The van der Waals surface area contributed by atoms with Gasteiger partial charge in [0.15, 0.2) is 5.82 Å². The van der Waals surface area contributed by atoms with Crippen molar-refractivity contribution in [1.29, 1.82) is 0 Å². The predicted octanol–water partition coefficient (Wildman–Crippen LogP) is 2.22. The monoisotopic (exact) mass is 262 g/mol. The van der Waals surface area contributed by atoms with Gasteiger partial charge in [0.05, 0.1) is 17.0 Å². The molecule has 1 amide bonds. The Kier molecular flexibility index (Phi) is 3.66. The van der Waals surface area contributed by atoms with Crippen molar-refractivity contribution in [1.82, 2.24) is 14.6 Å². The van der Waals surface area contributed by atoms with Gasteiger partial charge in [0.1, 0.15) is 0 Å². The lowest BCUT2D eigenvalue weighted by Crippen LogP contribution is -2.31. The van der Waals surface area contributed by atoms with Crippen LogP contribution < -0.4 is 4.90 Å². The van der Waals surface area contributed by atoms with E-state index in [9.17, 15) is 4.79 Å². The zero-order valence-corrected chi connectivity index (χ0v) is 11.4. The molecule has 2 rings (SSSR count). The van der Waals surface area contributed by atoms with Gasteiger partial charge in [-0.1, -0.05) is 0 Å². The van der Waals surface area contributed by atoms with E-state index in [4.69, 9.17) is 0 Å². The van der Waals surface area contributed by atoms with Crippen molar-refractivity contribution in [2.45, 2.75) is 20.8 Å². The Morgan fingerprint density at radius 1 is 1.33 bits per heavy atom. The number of rotatable bonds is 3. The van der Waals surface area contributed by atoms with E-state index in [1.807, 2.05) is 26.8 Å². The van der Waals surface area contributed by atoms with Crippen LogP contribution in [0, 0.1) is 13.8 Å². The van der Waals surface area contributed by atoms with Crippen molar-refractivity contribution in [2.75, 3.05) is 11.4 Å². The fourth-order valence-electron chi connectivity index (χ4n) is 1.59. The summed E-state index contributed by atoms with van der Waals surface area (Å²) in [4.78, 5) is 14.0. The Labute approximate surface area is 110 Å². The molecular weight excluding hydrogens is 248 g/mol. The zero-order chi connectivity index (χ0) is 13.1. The summed E-state index contributed by atoms with van der Waals surface area (Å²) in [6.07, 6.45) is 0. The van der Waals surface area contributed by atoms with Crippen LogP contribution in [0.5, 0.6) is 0 Å². The molecule has 6 heteroatoms. The summed E-state index contributed by atoms with van der Waals surface area (Å²) in [6, 6.07) is 3.65. The third-order valence-corrected chi connectivity index (χ3v) is 3.32. The van der Waals surface area contributed by atoms with Gasteiger partial charge in [0, 0.05) is 11.9 Å². The summed E-state index contributed by atoms with van der Waals surface area (Å²) < 4.78 is 4.12. The first-order valence-corrected chi connectivity index (χ1v) is 6.50. The van der Waals surface area contributed by atoms with Gasteiger partial charge in [-0.2, -0.15) is 9.47 Å². The van der Waals surface area contributed by atoms with Crippen molar-refractivity contribution in [3.63, 3.8) is 0 Å². The first-order chi connectivity index (χ1) is 8.63. The van der Waals surface area contributed by atoms with Gasteiger partial charge >= 0.3 is 0 Å². The van der Waals surface area contributed by atoms with E-state index in [1.54, 1.807) is 16.3 Å². The van der Waals surface area contributed by atoms with Crippen LogP contribution in [0.4, 0.5) is 5.82 Å². The van der Waals surface area contributed by atoms with Crippen LogP contribution >= 0.6 is 11.5 Å².